The van der Waals surface area contributed by atoms with Crippen LogP contribution >= 0.6 is 0 Å². The van der Waals surface area contributed by atoms with Gasteiger partial charge in [0.1, 0.15) is 0 Å². The van der Waals surface area contributed by atoms with E-state index in [1.807, 2.05) is 0 Å². The normalized spacial score (nSPS) is 13.1. The molecule has 289 valence electrons. The maximum atomic E-state index is 11.6. The van der Waals surface area contributed by atoms with Crippen LogP contribution in [0.1, 0.15) is 219 Å². The van der Waals surface area contributed by atoms with Gasteiger partial charge in [-0.05, 0) is 104 Å². The largest absolute Gasteiger partial charge is 0.365 e. The van der Waals surface area contributed by atoms with Gasteiger partial charge in [0.25, 0.3) is 0 Å². The van der Waals surface area contributed by atoms with Crippen LogP contribution in [-0.2, 0) is 4.74 Å². The first-order valence-electron chi connectivity index (χ1n) is 21.9. The highest BCUT2D eigenvalue weighted by Gasteiger charge is 2.27. The standard InChI is InChI=1S/C45H88NO2Si/c1-5-7-9-11-13-15-17-19-21-23-25-27-29-31-33-35-39-45(47,48-42-44(43-49)38-37-41-46(3)4)40-36-34-32-30-28-26-24-22-20-18-16-14-12-10-8-6-2/h19-22,44,47H,5-18,23-43H2,1-4H3/b21-19-,22-20-/t44-/m0/s1. The highest BCUT2D eigenvalue weighted by Crippen LogP contribution is 2.27. The predicted molar refractivity (Wildman–Crippen MR) is 221 cm³/mol. The molecule has 0 aromatic heterocycles. The van der Waals surface area contributed by atoms with Crippen LogP contribution in [0.5, 0.6) is 0 Å². The molecule has 4 heteroatoms. The Morgan fingerprint density at radius 2 is 0.878 bits per heavy atom. The monoisotopic (exact) mass is 703 g/mol. The zero-order valence-corrected chi connectivity index (χ0v) is 34.9. The fourth-order valence-corrected chi connectivity index (χ4v) is 7.10. The summed E-state index contributed by atoms with van der Waals surface area (Å²) in [5.74, 6) is -0.495. The van der Waals surface area contributed by atoms with E-state index in [0.29, 0.717) is 12.5 Å². The number of hydrogen-bond acceptors (Lipinski definition) is 3. The Kier molecular flexibility index (Phi) is 38.5. The maximum Gasteiger partial charge on any atom is 0.165 e. The first-order valence-corrected chi connectivity index (χ1v) is 22.6. The van der Waals surface area contributed by atoms with Crippen molar-refractivity contribution >= 4 is 10.2 Å². The van der Waals surface area contributed by atoms with Crippen molar-refractivity contribution in [3.8, 4) is 0 Å². The average molecular weight is 703 g/mol. The van der Waals surface area contributed by atoms with Crippen LogP contribution < -0.4 is 0 Å². The SMILES string of the molecule is CCCCCCCC/C=C\CCCCCCCCC(O)(CCCCCCCC/C=C\CCCCCCCC)OC[C@@H](C[Si])CCCN(C)C. The van der Waals surface area contributed by atoms with Crippen LogP contribution in [0.4, 0.5) is 0 Å². The van der Waals surface area contributed by atoms with Gasteiger partial charge in [-0.15, -0.1) is 0 Å². The zero-order valence-electron chi connectivity index (χ0n) is 33.9. The molecular formula is C45H88NO2Si. The highest BCUT2D eigenvalue weighted by atomic mass is 28.1. The molecule has 0 aliphatic heterocycles. The molecule has 0 aromatic carbocycles. The molecule has 49 heavy (non-hydrogen) atoms. The summed E-state index contributed by atoms with van der Waals surface area (Å²) >= 11 is 0. The molecule has 0 amide bonds. The van der Waals surface area contributed by atoms with Crippen LogP contribution in [0.15, 0.2) is 24.3 Å². The Labute approximate surface area is 312 Å². The van der Waals surface area contributed by atoms with E-state index in [1.54, 1.807) is 0 Å². The predicted octanol–water partition coefficient (Wildman–Crippen LogP) is 14.1. The number of unbranched alkanes of at least 4 members (excludes halogenated alkanes) is 24. The van der Waals surface area contributed by atoms with Crippen LogP contribution in [0.3, 0.4) is 0 Å². The number of rotatable bonds is 40. The quantitative estimate of drug-likeness (QED) is 0.0299. The van der Waals surface area contributed by atoms with Crippen molar-refractivity contribution < 1.29 is 9.84 Å². The number of nitrogens with zero attached hydrogens (tertiary/aromatic N) is 1. The molecule has 3 radical (unpaired) electrons. The zero-order chi connectivity index (χ0) is 35.9. The topological polar surface area (TPSA) is 32.7 Å². The smallest absolute Gasteiger partial charge is 0.165 e. The van der Waals surface area contributed by atoms with E-state index in [9.17, 15) is 5.11 Å². The van der Waals surface area contributed by atoms with Gasteiger partial charge in [-0.1, -0.05) is 160 Å². The minimum absolute atomic E-state index is 0.461. The molecule has 1 N–H and O–H groups in total. The second-order valence-electron chi connectivity index (χ2n) is 15.6. The summed E-state index contributed by atoms with van der Waals surface area (Å²) in [6.45, 7) is 6.34. The summed E-state index contributed by atoms with van der Waals surface area (Å²) in [5, 5.41) is 11.6. The molecule has 3 nitrogen and oxygen atoms in total. The van der Waals surface area contributed by atoms with Gasteiger partial charge in [-0.2, -0.15) is 0 Å². The second-order valence-corrected chi connectivity index (χ2v) is 16.1. The average Bonchev–Trinajstić information content (AvgIpc) is 3.09. The fraction of sp³-hybridized carbons (Fsp3) is 0.911. The molecule has 1 atom stereocenters. The lowest BCUT2D eigenvalue weighted by atomic mass is 9.98. The lowest BCUT2D eigenvalue weighted by molar-refractivity contribution is -0.219. The van der Waals surface area contributed by atoms with Crippen molar-refractivity contribution in [2.45, 2.75) is 231 Å². The van der Waals surface area contributed by atoms with E-state index in [4.69, 9.17) is 4.74 Å². The minimum atomic E-state index is -0.956. The Morgan fingerprint density at radius 3 is 1.22 bits per heavy atom. The number of allylic oxidation sites excluding steroid dienone is 4. The Hall–Kier alpha value is -0.423. The van der Waals surface area contributed by atoms with Gasteiger partial charge in [0.15, 0.2) is 5.79 Å². The number of ether oxygens (including phenoxy) is 1. The lowest BCUT2D eigenvalue weighted by Gasteiger charge is -2.31. The van der Waals surface area contributed by atoms with Gasteiger partial charge in [0, 0.05) is 23.1 Å². The van der Waals surface area contributed by atoms with E-state index in [-0.39, 0.29) is 0 Å². The summed E-state index contributed by atoms with van der Waals surface area (Å²) < 4.78 is 6.38. The first-order chi connectivity index (χ1) is 24.0. The molecule has 0 aliphatic rings. The second kappa shape index (κ2) is 38.8. The van der Waals surface area contributed by atoms with Crippen molar-refractivity contribution in [2.24, 2.45) is 5.92 Å². The van der Waals surface area contributed by atoms with Crippen molar-refractivity contribution in [1.29, 1.82) is 0 Å². The van der Waals surface area contributed by atoms with Crippen molar-refractivity contribution in [1.82, 2.24) is 4.90 Å². The van der Waals surface area contributed by atoms with E-state index in [0.717, 1.165) is 44.7 Å². The van der Waals surface area contributed by atoms with Crippen molar-refractivity contribution in [3.05, 3.63) is 24.3 Å². The van der Waals surface area contributed by atoms with Gasteiger partial charge in [-0.25, -0.2) is 0 Å². The molecule has 0 aromatic rings. The lowest BCUT2D eigenvalue weighted by Crippen LogP contribution is -2.34. The van der Waals surface area contributed by atoms with E-state index < -0.39 is 5.79 Å². The summed E-state index contributed by atoms with van der Waals surface area (Å²) in [4.78, 5) is 2.25. The van der Waals surface area contributed by atoms with Gasteiger partial charge >= 0.3 is 0 Å². The fourth-order valence-electron chi connectivity index (χ4n) is 6.78. The highest BCUT2D eigenvalue weighted by molar-refractivity contribution is 6.08. The number of aliphatic hydroxyl groups is 1. The summed E-state index contributed by atoms with van der Waals surface area (Å²) in [6, 6.07) is 0.936. The van der Waals surface area contributed by atoms with Gasteiger partial charge < -0.3 is 14.7 Å². The maximum absolute atomic E-state index is 11.6. The summed E-state index contributed by atoms with van der Waals surface area (Å²) in [7, 11) is 8.05. The third-order valence-electron chi connectivity index (χ3n) is 10.3. The van der Waals surface area contributed by atoms with Gasteiger partial charge in [0.05, 0.1) is 6.61 Å². The molecule has 0 fully saturated rings. The van der Waals surface area contributed by atoms with Crippen LogP contribution in [0.2, 0.25) is 6.04 Å². The molecule has 0 rings (SSSR count). The third-order valence-corrected chi connectivity index (χ3v) is 10.8. The van der Waals surface area contributed by atoms with E-state index in [2.05, 4.69) is 67.4 Å². The van der Waals surface area contributed by atoms with Crippen molar-refractivity contribution in [3.63, 3.8) is 0 Å². The van der Waals surface area contributed by atoms with Crippen LogP contribution in [0, 0.1) is 5.92 Å². The molecule has 0 saturated heterocycles. The molecular weight excluding hydrogens is 615 g/mol. The Morgan fingerprint density at radius 1 is 0.531 bits per heavy atom. The minimum Gasteiger partial charge on any atom is -0.365 e. The Balaban J connectivity index is 4.22. The first kappa shape index (κ1) is 48.6. The molecule has 0 bridgehead atoms. The molecule has 0 spiro atoms. The third kappa shape index (κ3) is 37.2. The van der Waals surface area contributed by atoms with Crippen molar-refractivity contribution in [2.75, 3.05) is 27.2 Å². The Bertz CT molecular complexity index is 652. The van der Waals surface area contributed by atoms with Crippen LogP contribution in [-0.4, -0.2) is 53.3 Å². The van der Waals surface area contributed by atoms with Crippen LogP contribution in [0.25, 0.3) is 0 Å². The molecule has 0 heterocycles. The van der Waals surface area contributed by atoms with E-state index >= 15 is 0 Å². The summed E-state index contributed by atoms with van der Waals surface area (Å²) in [6.07, 6.45) is 50.2. The van der Waals surface area contributed by atoms with Gasteiger partial charge in [0.2, 0.25) is 0 Å². The molecule has 0 unspecified atom stereocenters. The van der Waals surface area contributed by atoms with E-state index in [1.165, 1.54) is 173 Å². The number of hydrogen-bond donors (Lipinski definition) is 1. The summed E-state index contributed by atoms with van der Waals surface area (Å²) in [5.41, 5.74) is 0. The molecule has 0 aliphatic carbocycles. The van der Waals surface area contributed by atoms with Gasteiger partial charge in [-0.3, -0.25) is 0 Å². The molecule has 0 saturated carbocycles.